The topological polar surface area (TPSA) is 124 Å². The summed E-state index contributed by atoms with van der Waals surface area (Å²) in [5.41, 5.74) is -5.41. The highest BCUT2D eigenvalue weighted by molar-refractivity contribution is 5.85. The van der Waals surface area contributed by atoms with Crippen LogP contribution in [0.2, 0.25) is 0 Å². The van der Waals surface area contributed by atoms with Crippen LogP contribution in [0.1, 0.15) is 18.2 Å². The molecule has 0 aliphatic heterocycles. The SMILES string of the molecule is C[C@@H](Oc1ccc2cc(Oc3cc(-n4c(=O)cc(C(F)(F)F)n(C)c4=O)c(F)cc3C#N)ccc2c1)C(=O)O. The number of aromatic nitrogens is 2. The van der Waals surface area contributed by atoms with Crippen molar-refractivity contribution in [3.8, 4) is 29.0 Å². The van der Waals surface area contributed by atoms with Gasteiger partial charge in [-0.2, -0.15) is 18.4 Å². The standard InChI is InChI=1S/C26H17F4N3O6/c1-13(24(35)36)38-17-5-3-15-8-18(6-4-14(15)7-17)39-21-10-20(19(27)9-16(21)12-31)33-23(34)11-22(26(28,29)30)32(2)25(33)37/h3-11,13H,1-2H3,(H,35,36)/t13-/m1/s1. The number of hydrogen-bond donors (Lipinski definition) is 1. The highest BCUT2D eigenvalue weighted by Crippen LogP contribution is 2.32. The van der Waals surface area contributed by atoms with Gasteiger partial charge in [-0.1, -0.05) is 12.1 Å². The molecule has 1 aromatic heterocycles. The molecule has 4 aromatic rings. The van der Waals surface area contributed by atoms with Crippen LogP contribution in [0.5, 0.6) is 17.2 Å². The third-order valence-electron chi connectivity index (χ3n) is 5.69. The van der Waals surface area contributed by atoms with Crippen LogP contribution in [0.4, 0.5) is 17.6 Å². The van der Waals surface area contributed by atoms with Gasteiger partial charge in [-0.25, -0.2) is 18.5 Å². The lowest BCUT2D eigenvalue weighted by Gasteiger charge is -2.16. The molecule has 200 valence electrons. The maximum atomic E-state index is 14.9. The molecule has 0 saturated heterocycles. The Balaban J connectivity index is 1.75. The molecule has 9 nitrogen and oxygen atoms in total. The summed E-state index contributed by atoms with van der Waals surface area (Å²) in [6.45, 7) is 1.38. The van der Waals surface area contributed by atoms with Crippen LogP contribution in [-0.4, -0.2) is 26.3 Å². The summed E-state index contributed by atoms with van der Waals surface area (Å²) in [5, 5.41) is 19.7. The van der Waals surface area contributed by atoms with E-state index in [4.69, 9.17) is 14.6 Å². The van der Waals surface area contributed by atoms with Crippen LogP contribution in [0.3, 0.4) is 0 Å². The number of nitrogens with zero attached hydrogens (tertiary/aromatic N) is 3. The van der Waals surface area contributed by atoms with E-state index in [-0.39, 0.29) is 32.3 Å². The molecule has 3 aromatic carbocycles. The Hall–Kier alpha value is -5.12. The van der Waals surface area contributed by atoms with E-state index >= 15 is 0 Å². The smallest absolute Gasteiger partial charge is 0.431 e. The lowest BCUT2D eigenvalue weighted by molar-refractivity contribution is -0.144. The molecule has 0 spiro atoms. The van der Waals surface area contributed by atoms with Crippen molar-refractivity contribution in [2.45, 2.75) is 19.2 Å². The number of carboxylic acid groups (broad SMARTS) is 1. The van der Waals surface area contributed by atoms with Crippen LogP contribution in [0.25, 0.3) is 16.5 Å². The van der Waals surface area contributed by atoms with Gasteiger partial charge in [0, 0.05) is 19.2 Å². The molecule has 0 radical (unpaired) electrons. The Bertz CT molecular complexity index is 1790. The predicted octanol–water partition coefficient (Wildman–Crippen LogP) is 4.36. The van der Waals surface area contributed by atoms with E-state index in [2.05, 4.69) is 0 Å². The van der Waals surface area contributed by atoms with Gasteiger partial charge in [0.05, 0.1) is 11.3 Å². The van der Waals surface area contributed by atoms with Gasteiger partial charge < -0.3 is 14.6 Å². The number of halogens is 4. The van der Waals surface area contributed by atoms with E-state index in [1.807, 2.05) is 0 Å². The van der Waals surface area contributed by atoms with Crippen molar-refractivity contribution in [3.05, 3.63) is 92.5 Å². The zero-order valence-corrected chi connectivity index (χ0v) is 20.1. The second kappa shape index (κ2) is 9.97. The third-order valence-corrected chi connectivity index (χ3v) is 5.69. The monoisotopic (exact) mass is 543 g/mol. The maximum absolute atomic E-state index is 14.9. The van der Waals surface area contributed by atoms with E-state index in [1.165, 1.54) is 19.1 Å². The fourth-order valence-electron chi connectivity index (χ4n) is 3.73. The van der Waals surface area contributed by atoms with Crippen LogP contribution < -0.4 is 20.7 Å². The minimum Gasteiger partial charge on any atom is -0.479 e. The predicted molar refractivity (Wildman–Crippen MR) is 129 cm³/mol. The van der Waals surface area contributed by atoms with Crippen molar-refractivity contribution >= 4 is 16.7 Å². The third kappa shape index (κ3) is 5.30. The molecule has 0 amide bonds. The Kier molecular flexibility index (Phi) is 6.89. The van der Waals surface area contributed by atoms with Gasteiger partial charge >= 0.3 is 17.8 Å². The summed E-state index contributed by atoms with van der Waals surface area (Å²) in [7, 11) is 0.786. The molecule has 1 atom stereocenters. The first-order chi connectivity index (χ1) is 18.3. The maximum Gasteiger partial charge on any atom is 0.431 e. The minimum absolute atomic E-state index is 0.164. The summed E-state index contributed by atoms with van der Waals surface area (Å²) in [6, 6.07) is 12.9. The van der Waals surface area contributed by atoms with Crippen molar-refractivity contribution in [1.29, 1.82) is 5.26 Å². The zero-order valence-electron chi connectivity index (χ0n) is 20.1. The molecule has 13 heteroatoms. The first-order valence-corrected chi connectivity index (χ1v) is 11.1. The molecular formula is C26H17F4N3O6. The average Bonchev–Trinajstić information content (AvgIpc) is 2.87. The van der Waals surface area contributed by atoms with Crippen LogP contribution in [-0.2, 0) is 18.0 Å². The van der Waals surface area contributed by atoms with Gasteiger partial charge in [0.25, 0.3) is 5.56 Å². The lowest BCUT2D eigenvalue weighted by atomic mass is 10.1. The molecule has 0 aliphatic rings. The van der Waals surface area contributed by atoms with E-state index in [9.17, 15) is 37.2 Å². The summed E-state index contributed by atoms with van der Waals surface area (Å²) in [5.74, 6) is -2.14. The number of hydrogen-bond acceptors (Lipinski definition) is 6. The lowest BCUT2D eigenvalue weighted by Crippen LogP contribution is -2.41. The highest BCUT2D eigenvalue weighted by Gasteiger charge is 2.35. The second-order valence-electron chi connectivity index (χ2n) is 8.33. The van der Waals surface area contributed by atoms with E-state index in [0.29, 0.717) is 22.6 Å². The van der Waals surface area contributed by atoms with E-state index < -0.39 is 46.7 Å². The summed E-state index contributed by atoms with van der Waals surface area (Å²) in [6.07, 6.45) is -6.07. The Morgan fingerprint density at radius 2 is 1.64 bits per heavy atom. The van der Waals surface area contributed by atoms with Crippen molar-refractivity contribution in [2.75, 3.05) is 0 Å². The average molecular weight is 543 g/mol. The molecule has 0 aliphatic carbocycles. The number of fused-ring (bicyclic) bond motifs is 1. The number of carbonyl (C=O) groups is 1. The number of aliphatic carboxylic acids is 1. The molecule has 0 saturated carbocycles. The van der Waals surface area contributed by atoms with Gasteiger partial charge in [-0.05, 0) is 48.0 Å². The van der Waals surface area contributed by atoms with Gasteiger partial charge in [0.2, 0.25) is 0 Å². The molecule has 0 bridgehead atoms. The molecule has 4 rings (SSSR count). The molecular weight excluding hydrogens is 526 g/mol. The molecule has 0 unspecified atom stereocenters. The number of rotatable bonds is 6. The summed E-state index contributed by atoms with van der Waals surface area (Å²) >= 11 is 0. The number of nitriles is 1. The fourth-order valence-corrected chi connectivity index (χ4v) is 3.73. The van der Waals surface area contributed by atoms with Crippen LogP contribution in [0, 0.1) is 17.1 Å². The Morgan fingerprint density at radius 1 is 1.03 bits per heavy atom. The minimum atomic E-state index is -5.00. The van der Waals surface area contributed by atoms with Gasteiger partial charge in [-0.3, -0.25) is 9.36 Å². The fraction of sp³-hybridized carbons (Fsp3) is 0.154. The largest absolute Gasteiger partial charge is 0.479 e. The van der Waals surface area contributed by atoms with E-state index in [1.54, 1.807) is 30.3 Å². The Morgan fingerprint density at radius 3 is 2.23 bits per heavy atom. The number of carboxylic acids is 1. The molecule has 1 N–H and O–H groups in total. The van der Waals surface area contributed by atoms with Crippen molar-refractivity contribution < 1.29 is 36.9 Å². The van der Waals surface area contributed by atoms with Gasteiger partial charge in [0.1, 0.15) is 34.8 Å². The van der Waals surface area contributed by atoms with Crippen molar-refractivity contribution in [3.63, 3.8) is 0 Å². The molecule has 39 heavy (non-hydrogen) atoms. The summed E-state index contributed by atoms with van der Waals surface area (Å²) < 4.78 is 65.9. The van der Waals surface area contributed by atoms with Crippen LogP contribution in [0.15, 0.2) is 64.2 Å². The zero-order chi connectivity index (χ0) is 28.6. The quantitative estimate of drug-likeness (QED) is 0.359. The van der Waals surface area contributed by atoms with Crippen molar-refractivity contribution in [2.24, 2.45) is 7.05 Å². The first-order valence-electron chi connectivity index (χ1n) is 11.1. The van der Waals surface area contributed by atoms with Gasteiger partial charge in [-0.15, -0.1) is 0 Å². The number of ether oxygens (including phenoxy) is 2. The number of benzene rings is 3. The van der Waals surface area contributed by atoms with Crippen molar-refractivity contribution in [1.82, 2.24) is 9.13 Å². The highest BCUT2D eigenvalue weighted by atomic mass is 19.4. The van der Waals surface area contributed by atoms with Gasteiger partial charge in [0.15, 0.2) is 6.10 Å². The molecule has 1 heterocycles. The number of alkyl halides is 3. The van der Waals surface area contributed by atoms with E-state index in [0.717, 1.165) is 13.1 Å². The normalized spacial score (nSPS) is 12.1. The first kappa shape index (κ1) is 26.9. The second-order valence-corrected chi connectivity index (χ2v) is 8.33. The summed E-state index contributed by atoms with van der Waals surface area (Å²) in [4.78, 5) is 36.1. The van der Waals surface area contributed by atoms with Crippen LogP contribution >= 0.6 is 0 Å². The Labute approximate surface area is 216 Å². The molecule has 0 fully saturated rings.